The molecule has 0 saturated heterocycles. The molecule has 2 unspecified atom stereocenters. The lowest BCUT2D eigenvalue weighted by Crippen LogP contribution is -2.21. The van der Waals surface area contributed by atoms with Crippen molar-refractivity contribution in [2.75, 3.05) is 0 Å². The number of rotatable bonds is 11. The van der Waals surface area contributed by atoms with E-state index in [1.807, 2.05) is 12.2 Å². The Morgan fingerprint density at radius 2 is 1.47 bits per heavy atom. The molecule has 2 atom stereocenters. The summed E-state index contributed by atoms with van der Waals surface area (Å²) in [7, 11) is 0. The van der Waals surface area contributed by atoms with Gasteiger partial charge in [-0.15, -0.1) is 0 Å². The molecule has 0 aliphatic rings. The number of aliphatic hydroxyl groups excluding tert-OH is 3. The largest absolute Gasteiger partial charge is 0.516 e. The van der Waals surface area contributed by atoms with Gasteiger partial charge in [0.25, 0.3) is 0 Å². The van der Waals surface area contributed by atoms with Gasteiger partial charge in [-0.1, -0.05) is 50.0 Å². The van der Waals surface area contributed by atoms with Gasteiger partial charge in [-0.25, -0.2) is 0 Å². The van der Waals surface area contributed by atoms with E-state index in [1.54, 1.807) is 19.1 Å². The van der Waals surface area contributed by atoms with Gasteiger partial charge in [0.2, 0.25) is 0 Å². The highest BCUT2D eigenvalue weighted by molar-refractivity contribution is 5.09. The molecule has 0 aliphatic heterocycles. The van der Waals surface area contributed by atoms with Gasteiger partial charge >= 0.3 is 0 Å². The van der Waals surface area contributed by atoms with Gasteiger partial charge < -0.3 is 15.3 Å². The summed E-state index contributed by atoms with van der Waals surface area (Å²) >= 11 is 0. The molecule has 0 saturated carbocycles. The fraction of sp³-hybridized carbons (Fsp3) is 0.625. The van der Waals surface area contributed by atoms with Crippen molar-refractivity contribution in [3.8, 4) is 0 Å². The van der Waals surface area contributed by atoms with E-state index in [-0.39, 0.29) is 0 Å². The molecule has 0 aromatic heterocycles. The molecule has 0 aliphatic carbocycles. The summed E-state index contributed by atoms with van der Waals surface area (Å²) < 4.78 is 0. The molecular formula is C16H28O3. The van der Waals surface area contributed by atoms with Gasteiger partial charge in [-0.2, -0.15) is 0 Å². The number of aliphatic hydroxyl groups is 3. The molecule has 3 nitrogen and oxygen atoms in total. The summed E-state index contributed by atoms with van der Waals surface area (Å²) in [6.45, 7) is 1.63. The molecule has 0 heterocycles. The van der Waals surface area contributed by atoms with Crippen molar-refractivity contribution in [1.82, 2.24) is 0 Å². The molecule has 0 aromatic rings. The second kappa shape index (κ2) is 13.4. The molecule has 3 N–H and O–H groups in total. The maximum Gasteiger partial charge on any atom is 0.0796 e. The predicted molar refractivity (Wildman–Crippen MR) is 80.1 cm³/mol. The highest BCUT2D eigenvalue weighted by Crippen LogP contribution is 2.10. The molecule has 0 fully saturated rings. The lowest BCUT2D eigenvalue weighted by molar-refractivity contribution is 0.0247. The summed E-state index contributed by atoms with van der Waals surface area (Å²) in [5.74, 6) is 0. The maximum atomic E-state index is 9.40. The molecule has 0 rings (SSSR count). The molecule has 0 amide bonds. The Morgan fingerprint density at radius 1 is 0.842 bits per heavy atom. The van der Waals surface area contributed by atoms with Gasteiger partial charge in [0.05, 0.1) is 18.5 Å². The SMILES string of the molecule is CC(O)C(O)CCCCCCCC=CC=CC=CO. The Morgan fingerprint density at radius 3 is 2.16 bits per heavy atom. The smallest absolute Gasteiger partial charge is 0.0796 e. The van der Waals surface area contributed by atoms with Crippen molar-refractivity contribution in [3.63, 3.8) is 0 Å². The molecule has 0 bridgehead atoms. The first kappa shape index (κ1) is 17.9. The first-order valence-electron chi connectivity index (χ1n) is 7.17. The van der Waals surface area contributed by atoms with Crippen LogP contribution in [0.15, 0.2) is 36.6 Å². The van der Waals surface area contributed by atoms with Crippen molar-refractivity contribution in [1.29, 1.82) is 0 Å². The minimum Gasteiger partial charge on any atom is -0.516 e. The summed E-state index contributed by atoms with van der Waals surface area (Å²) in [6, 6.07) is 0. The fourth-order valence-electron chi connectivity index (χ4n) is 1.74. The van der Waals surface area contributed by atoms with Crippen molar-refractivity contribution < 1.29 is 15.3 Å². The minimum absolute atomic E-state index is 0.567. The predicted octanol–water partition coefficient (Wildman–Crippen LogP) is 3.64. The highest BCUT2D eigenvalue weighted by Gasteiger charge is 2.09. The third-order valence-corrected chi connectivity index (χ3v) is 2.98. The summed E-state index contributed by atoms with van der Waals surface area (Å²) in [6.07, 6.45) is 16.6. The zero-order valence-corrected chi connectivity index (χ0v) is 11.9. The van der Waals surface area contributed by atoms with Crippen LogP contribution in [0.5, 0.6) is 0 Å². The molecular weight excluding hydrogens is 240 g/mol. The Kier molecular flexibility index (Phi) is 12.6. The van der Waals surface area contributed by atoms with Crippen molar-refractivity contribution >= 4 is 0 Å². The van der Waals surface area contributed by atoms with E-state index < -0.39 is 12.2 Å². The minimum atomic E-state index is -0.612. The zero-order valence-electron chi connectivity index (χ0n) is 11.9. The molecule has 0 spiro atoms. The molecule has 0 radical (unpaired) electrons. The van der Waals surface area contributed by atoms with Crippen LogP contribution < -0.4 is 0 Å². The second-order valence-electron chi connectivity index (χ2n) is 4.81. The Labute approximate surface area is 117 Å². The van der Waals surface area contributed by atoms with E-state index in [0.29, 0.717) is 6.42 Å². The first-order valence-corrected chi connectivity index (χ1v) is 7.17. The van der Waals surface area contributed by atoms with Gasteiger partial charge in [-0.3, -0.25) is 0 Å². The lowest BCUT2D eigenvalue weighted by atomic mass is 10.0. The number of unbranched alkanes of at least 4 members (excludes halogenated alkanes) is 5. The van der Waals surface area contributed by atoms with Crippen LogP contribution in [0, 0.1) is 0 Å². The standard InChI is InChI=1S/C16H28O3/c1-15(18)16(19)13-11-9-7-5-3-2-4-6-8-10-12-14-17/h4,6,8,10,12,14-19H,2-3,5,7,9,11,13H2,1H3. The van der Waals surface area contributed by atoms with Gasteiger partial charge in [0.1, 0.15) is 0 Å². The molecule has 0 aromatic carbocycles. The molecule has 19 heavy (non-hydrogen) atoms. The third kappa shape index (κ3) is 13.2. The van der Waals surface area contributed by atoms with E-state index in [1.165, 1.54) is 19.3 Å². The fourth-order valence-corrected chi connectivity index (χ4v) is 1.74. The monoisotopic (exact) mass is 268 g/mol. The van der Waals surface area contributed by atoms with Crippen LogP contribution in [-0.2, 0) is 0 Å². The lowest BCUT2D eigenvalue weighted by Gasteiger charge is -2.12. The average Bonchev–Trinajstić information content (AvgIpc) is 2.39. The normalized spacial score (nSPS) is 15.7. The zero-order chi connectivity index (χ0) is 14.3. The van der Waals surface area contributed by atoms with Crippen LogP contribution in [0.3, 0.4) is 0 Å². The van der Waals surface area contributed by atoms with Gasteiger partial charge in [-0.05, 0) is 32.3 Å². The van der Waals surface area contributed by atoms with E-state index in [4.69, 9.17) is 10.2 Å². The first-order chi connectivity index (χ1) is 9.18. The summed E-state index contributed by atoms with van der Waals surface area (Å²) in [4.78, 5) is 0. The maximum absolute atomic E-state index is 9.40. The van der Waals surface area contributed by atoms with Gasteiger partial charge in [0.15, 0.2) is 0 Å². The Balaban J connectivity index is 3.27. The number of allylic oxidation sites excluding steroid dienone is 5. The molecule has 3 heteroatoms. The number of hydrogen-bond acceptors (Lipinski definition) is 3. The van der Waals surface area contributed by atoms with E-state index in [2.05, 4.69) is 6.08 Å². The van der Waals surface area contributed by atoms with Gasteiger partial charge in [0, 0.05) is 0 Å². The average molecular weight is 268 g/mol. The third-order valence-electron chi connectivity index (χ3n) is 2.98. The Bertz CT molecular complexity index is 267. The summed E-state index contributed by atoms with van der Waals surface area (Å²) in [5, 5.41) is 26.9. The van der Waals surface area contributed by atoms with Crippen LogP contribution >= 0.6 is 0 Å². The quantitative estimate of drug-likeness (QED) is 0.304. The van der Waals surface area contributed by atoms with Crippen molar-refractivity contribution in [3.05, 3.63) is 36.6 Å². The van der Waals surface area contributed by atoms with E-state index >= 15 is 0 Å². The second-order valence-corrected chi connectivity index (χ2v) is 4.81. The van der Waals surface area contributed by atoms with E-state index in [9.17, 15) is 5.11 Å². The number of hydrogen-bond donors (Lipinski definition) is 3. The van der Waals surface area contributed by atoms with Crippen LogP contribution in [-0.4, -0.2) is 27.5 Å². The molecule has 110 valence electrons. The van der Waals surface area contributed by atoms with Crippen molar-refractivity contribution in [2.24, 2.45) is 0 Å². The highest BCUT2D eigenvalue weighted by atomic mass is 16.3. The summed E-state index contributed by atoms with van der Waals surface area (Å²) in [5.41, 5.74) is 0. The van der Waals surface area contributed by atoms with Crippen LogP contribution in [0.25, 0.3) is 0 Å². The Hall–Kier alpha value is -1.06. The van der Waals surface area contributed by atoms with E-state index in [0.717, 1.165) is 25.5 Å². The van der Waals surface area contributed by atoms with Crippen LogP contribution in [0.4, 0.5) is 0 Å². The topological polar surface area (TPSA) is 60.7 Å². The van der Waals surface area contributed by atoms with Crippen LogP contribution in [0.2, 0.25) is 0 Å². The van der Waals surface area contributed by atoms with Crippen LogP contribution in [0.1, 0.15) is 51.9 Å². The van der Waals surface area contributed by atoms with Crippen molar-refractivity contribution in [2.45, 2.75) is 64.1 Å².